The summed E-state index contributed by atoms with van der Waals surface area (Å²) in [5.41, 5.74) is 0. The van der Waals surface area contributed by atoms with Gasteiger partial charge in [0.25, 0.3) is 17.8 Å². The maximum atomic E-state index is 5.80. The lowest BCUT2D eigenvalue weighted by atomic mass is 10.0. The van der Waals surface area contributed by atoms with Crippen molar-refractivity contribution in [2.24, 2.45) is 0 Å². The minimum Gasteiger partial charge on any atom is -0.224 e. The van der Waals surface area contributed by atoms with Gasteiger partial charge in [0.1, 0.15) is 0 Å². The van der Waals surface area contributed by atoms with Gasteiger partial charge >= 0.3 is 0 Å². The molecule has 1 aromatic heterocycles. The molecule has 6 aliphatic rings. The third-order valence-corrected chi connectivity index (χ3v) is 23.2. The first-order valence-corrected chi connectivity index (χ1v) is 32.4. The van der Waals surface area contributed by atoms with Gasteiger partial charge in [-0.15, -0.1) is 0 Å². The molecule has 0 aliphatic heterocycles. The topological polar surface area (TPSA) is 48.4 Å². The van der Waals surface area contributed by atoms with E-state index in [0.717, 1.165) is 17.8 Å². The van der Waals surface area contributed by atoms with Gasteiger partial charge in [0.05, 0.1) is 0 Å². The average molecular weight is 980 g/mol. The van der Waals surface area contributed by atoms with Gasteiger partial charge in [0, 0.05) is 31.5 Å². The number of aromatic nitrogens is 3. The lowest BCUT2D eigenvalue weighted by molar-refractivity contribution is 0.511. The zero-order chi connectivity index (χ0) is 43.0. The number of anilines is 3. The summed E-state index contributed by atoms with van der Waals surface area (Å²) in [6.45, 7) is 0. The maximum absolute atomic E-state index is 5.80. The Morgan fingerprint density at radius 1 is 0.206 bits per heavy atom. The summed E-state index contributed by atoms with van der Waals surface area (Å²) < 4.78 is 7.85. The highest BCUT2D eigenvalue weighted by atomic mass is 32.2. The molecule has 12 heteroatoms. The van der Waals surface area contributed by atoms with Crippen LogP contribution in [0.5, 0.6) is 0 Å². The van der Waals surface area contributed by atoms with E-state index in [4.69, 9.17) is 15.0 Å². The fraction of sp³-hybridized carbons (Fsp3) is 0.941. The fourth-order valence-corrected chi connectivity index (χ4v) is 19.6. The van der Waals surface area contributed by atoms with Gasteiger partial charge in [0.2, 0.25) is 0 Å². The van der Waals surface area contributed by atoms with Crippen molar-refractivity contribution < 1.29 is 0 Å². The molecule has 0 spiro atoms. The van der Waals surface area contributed by atoms with Gasteiger partial charge in [0.15, 0.2) is 0 Å². The molecule has 0 amide bonds. The molecule has 0 saturated heterocycles. The van der Waals surface area contributed by atoms with Crippen LogP contribution in [0.2, 0.25) is 0 Å². The molecular weight excluding hydrogens is 889 g/mol. The van der Waals surface area contributed by atoms with Crippen LogP contribution in [0.3, 0.4) is 0 Å². The van der Waals surface area contributed by atoms with Crippen LogP contribution in [-0.4, -0.2) is 46.5 Å². The van der Waals surface area contributed by atoms with Crippen LogP contribution in [0.1, 0.15) is 270 Å². The van der Waals surface area contributed by atoms with Gasteiger partial charge in [-0.05, 0) is 149 Å². The molecule has 0 radical (unpaired) electrons. The van der Waals surface area contributed by atoms with Crippen LogP contribution >= 0.6 is 71.7 Å². The molecule has 7 rings (SSSR count). The standard InChI is InChI=1S/C51H90N6S6/c1-7-19-31-43(32-20-8-1)58-55(59-44-33-21-9-2-10-22-34-44)49-52-50(56(60-45-35-23-11-3-12-24-36-45)61-46-37-25-13-4-14-26-38-46)54-51(53-49)57(62-47-39-27-15-5-16-28-40-47)63-48-41-29-17-6-18-30-42-48/h43-48H,1-42H2. The van der Waals surface area contributed by atoms with Gasteiger partial charge in [-0.25, -0.2) is 11.1 Å². The van der Waals surface area contributed by atoms with E-state index in [0.29, 0.717) is 31.5 Å². The minimum atomic E-state index is 0.629. The Morgan fingerprint density at radius 3 is 0.476 bits per heavy atom. The van der Waals surface area contributed by atoms with Crippen molar-refractivity contribution in [3.8, 4) is 0 Å². The molecule has 6 fully saturated rings. The summed E-state index contributed by atoms with van der Waals surface area (Å²) in [5, 5.41) is 3.77. The zero-order valence-corrected chi connectivity index (χ0v) is 44.7. The summed E-state index contributed by atoms with van der Waals surface area (Å²) in [5.74, 6) is 2.83. The molecule has 1 aromatic rings. The zero-order valence-electron chi connectivity index (χ0n) is 39.8. The second-order valence-corrected chi connectivity index (χ2v) is 28.6. The predicted molar refractivity (Wildman–Crippen MR) is 289 cm³/mol. The summed E-state index contributed by atoms with van der Waals surface area (Å²) in [6, 6.07) is 0. The first-order valence-electron chi connectivity index (χ1n) is 27.4. The lowest BCUT2D eigenvalue weighted by Gasteiger charge is -2.34. The van der Waals surface area contributed by atoms with Crippen LogP contribution in [0.4, 0.5) is 17.8 Å². The van der Waals surface area contributed by atoms with Crippen molar-refractivity contribution in [1.82, 2.24) is 15.0 Å². The van der Waals surface area contributed by atoms with E-state index >= 15 is 0 Å². The first-order chi connectivity index (χ1) is 31.2. The molecular formula is C51H90N6S6. The van der Waals surface area contributed by atoms with Crippen molar-refractivity contribution >= 4 is 89.5 Å². The van der Waals surface area contributed by atoms with Crippen molar-refractivity contribution in [3.63, 3.8) is 0 Å². The van der Waals surface area contributed by atoms with Crippen molar-refractivity contribution in [2.75, 3.05) is 11.1 Å². The molecule has 6 aliphatic carbocycles. The third kappa shape index (κ3) is 19.4. The van der Waals surface area contributed by atoms with Gasteiger partial charge in [-0.1, -0.05) is 193 Å². The minimum absolute atomic E-state index is 0.629. The van der Waals surface area contributed by atoms with Crippen LogP contribution in [0, 0.1) is 0 Å². The number of hydrogen-bond acceptors (Lipinski definition) is 12. The molecule has 1 heterocycles. The lowest BCUT2D eigenvalue weighted by Crippen LogP contribution is -2.26. The van der Waals surface area contributed by atoms with Crippen LogP contribution in [0.25, 0.3) is 0 Å². The molecule has 0 N–H and O–H groups in total. The Labute approximate surface area is 413 Å². The Kier molecular flexibility index (Phi) is 25.2. The first kappa shape index (κ1) is 51.4. The van der Waals surface area contributed by atoms with E-state index in [2.05, 4.69) is 82.8 Å². The summed E-state index contributed by atoms with van der Waals surface area (Å²) >= 11 is 12.8. The average Bonchev–Trinajstić information content (AvgIpc) is 3.22. The molecule has 0 unspecified atom stereocenters. The molecule has 0 atom stereocenters. The van der Waals surface area contributed by atoms with Gasteiger partial charge < -0.3 is 0 Å². The van der Waals surface area contributed by atoms with Crippen LogP contribution < -0.4 is 11.1 Å². The van der Waals surface area contributed by atoms with E-state index < -0.39 is 0 Å². The Bertz CT molecular complexity index is 1070. The summed E-state index contributed by atoms with van der Waals surface area (Å²) in [4.78, 5) is 17.4. The Balaban J connectivity index is 1.29. The third-order valence-electron chi connectivity index (χ3n) is 14.9. The Hall–Kier alpha value is 0.510. The second-order valence-electron chi connectivity index (χ2n) is 20.4. The molecule has 6 nitrogen and oxygen atoms in total. The largest absolute Gasteiger partial charge is 0.252 e. The number of rotatable bonds is 15. The highest BCUT2D eigenvalue weighted by Gasteiger charge is 2.32. The van der Waals surface area contributed by atoms with Gasteiger partial charge in [-0.3, -0.25) is 0 Å². The van der Waals surface area contributed by atoms with E-state index in [-0.39, 0.29) is 0 Å². The van der Waals surface area contributed by atoms with Crippen molar-refractivity contribution in [1.29, 1.82) is 0 Å². The SMILES string of the molecule is C1CCCC(SN(SC2CCCCCCC2)c2nc(N(SC3CCCCCCC3)SC3CCCCCCC3)nc(N(SC3CCCCCCC3)SC3CCCCCCC3)n2)CCC1. The normalized spacial score (nSPS) is 24.4. The molecule has 63 heavy (non-hydrogen) atoms. The van der Waals surface area contributed by atoms with Gasteiger partial charge in [-0.2, -0.15) is 15.0 Å². The number of nitrogens with zero attached hydrogens (tertiary/aromatic N) is 6. The van der Waals surface area contributed by atoms with Crippen LogP contribution in [-0.2, 0) is 0 Å². The summed E-state index contributed by atoms with van der Waals surface area (Å²) in [6.07, 6.45) is 57.4. The molecule has 0 aromatic carbocycles. The van der Waals surface area contributed by atoms with E-state index in [9.17, 15) is 0 Å². The quantitative estimate of drug-likeness (QED) is 0.157. The van der Waals surface area contributed by atoms with E-state index in [1.54, 1.807) is 0 Å². The Morgan fingerprint density at radius 2 is 0.333 bits per heavy atom. The molecule has 360 valence electrons. The smallest absolute Gasteiger partial charge is 0.224 e. The predicted octanol–water partition coefficient (Wildman–Crippen LogP) is 18.9. The monoisotopic (exact) mass is 979 g/mol. The van der Waals surface area contributed by atoms with Crippen molar-refractivity contribution in [2.45, 2.75) is 301 Å². The van der Waals surface area contributed by atoms with E-state index in [1.807, 2.05) is 0 Å². The highest BCUT2D eigenvalue weighted by molar-refractivity contribution is 8.19. The maximum Gasteiger partial charge on any atom is 0.252 e. The highest BCUT2D eigenvalue weighted by Crippen LogP contribution is 2.47. The van der Waals surface area contributed by atoms with Crippen molar-refractivity contribution in [3.05, 3.63) is 0 Å². The molecule has 0 bridgehead atoms. The fourth-order valence-electron chi connectivity index (χ4n) is 10.9. The second kappa shape index (κ2) is 30.9. The van der Waals surface area contributed by atoms with Crippen LogP contribution in [0.15, 0.2) is 0 Å². The van der Waals surface area contributed by atoms with E-state index in [1.165, 1.54) is 270 Å². The molecule has 6 saturated carbocycles. The summed E-state index contributed by atoms with van der Waals surface area (Å²) in [7, 11) is 0. The number of hydrogen-bond donors (Lipinski definition) is 0.